The molecule has 2 N–H and O–H groups in total. The first kappa shape index (κ1) is 16.6. The van der Waals surface area contributed by atoms with Gasteiger partial charge in [0.15, 0.2) is 0 Å². The molecule has 5 nitrogen and oxygen atoms in total. The average Bonchev–Trinajstić information content (AvgIpc) is 2.93. The van der Waals surface area contributed by atoms with Crippen molar-refractivity contribution in [2.24, 2.45) is 0 Å². The first-order valence-electron chi connectivity index (χ1n) is 7.59. The molecule has 1 saturated heterocycles. The molecule has 1 fully saturated rings. The van der Waals surface area contributed by atoms with Gasteiger partial charge in [-0.15, -0.1) is 0 Å². The van der Waals surface area contributed by atoms with Gasteiger partial charge in [0, 0.05) is 37.6 Å². The molecule has 2 rings (SSSR count). The average molecular weight is 324 g/mol. The van der Waals surface area contributed by atoms with Gasteiger partial charge in [0.05, 0.1) is 0 Å². The van der Waals surface area contributed by atoms with Crippen molar-refractivity contribution in [2.45, 2.75) is 32.2 Å². The molecule has 3 amide bonds. The van der Waals surface area contributed by atoms with E-state index in [-0.39, 0.29) is 18.0 Å². The Kier molecular flexibility index (Phi) is 6.07. The summed E-state index contributed by atoms with van der Waals surface area (Å²) < 4.78 is 0. The highest BCUT2D eigenvalue weighted by Gasteiger charge is 2.26. The highest BCUT2D eigenvalue weighted by atomic mass is 35.5. The third-order valence-electron chi connectivity index (χ3n) is 3.74. The van der Waals surface area contributed by atoms with E-state index in [0.717, 1.165) is 29.8 Å². The van der Waals surface area contributed by atoms with Crippen LogP contribution in [0.15, 0.2) is 24.3 Å². The molecule has 1 aliphatic heterocycles. The van der Waals surface area contributed by atoms with Gasteiger partial charge in [-0.05, 0) is 30.9 Å². The van der Waals surface area contributed by atoms with E-state index in [1.54, 1.807) is 4.90 Å². The van der Waals surface area contributed by atoms with Gasteiger partial charge < -0.3 is 15.5 Å². The second-order valence-corrected chi connectivity index (χ2v) is 5.97. The largest absolute Gasteiger partial charge is 0.352 e. The number of likely N-dealkylation sites (tertiary alicyclic amines) is 1. The Bertz CT molecular complexity index is 536. The number of benzene rings is 1. The number of urea groups is 1. The summed E-state index contributed by atoms with van der Waals surface area (Å²) in [6, 6.07) is 7.77. The number of halogens is 1. The molecule has 0 bridgehead atoms. The zero-order chi connectivity index (χ0) is 15.9. The number of hydrogen-bond acceptors (Lipinski definition) is 2. The zero-order valence-electron chi connectivity index (χ0n) is 12.8. The Morgan fingerprint density at radius 2 is 2.14 bits per heavy atom. The van der Waals surface area contributed by atoms with Crippen LogP contribution in [-0.2, 0) is 11.2 Å². The van der Waals surface area contributed by atoms with E-state index in [2.05, 4.69) is 10.6 Å². The van der Waals surface area contributed by atoms with Crippen LogP contribution in [0.5, 0.6) is 0 Å². The van der Waals surface area contributed by atoms with Crippen LogP contribution in [-0.4, -0.2) is 42.5 Å². The third-order valence-corrected chi connectivity index (χ3v) is 4.11. The topological polar surface area (TPSA) is 61.4 Å². The molecule has 0 aromatic heterocycles. The van der Waals surface area contributed by atoms with Gasteiger partial charge in [-0.25, -0.2) is 4.79 Å². The Hall–Kier alpha value is -1.75. The fourth-order valence-electron chi connectivity index (χ4n) is 2.64. The molecule has 1 aliphatic rings. The summed E-state index contributed by atoms with van der Waals surface area (Å²) in [5.41, 5.74) is 1.10. The molecule has 0 radical (unpaired) electrons. The maximum atomic E-state index is 12.0. The predicted molar refractivity (Wildman–Crippen MR) is 87.0 cm³/mol. The summed E-state index contributed by atoms with van der Waals surface area (Å²) in [6.45, 7) is 3.38. The van der Waals surface area contributed by atoms with Gasteiger partial charge in [-0.2, -0.15) is 0 Å². The van der Waals surface area contributed by atoms with Crippen molar-refractivity contribution >= 4 is 23.5 Å². The molecule has 22 heavy (non-hydrogen) atoms. The second-order valence-electron chi connectivity index (χ2n) is 5.56. The molecule has 0 aliphatic carbocycles. The Morgan fingerprint density at radius 3 is 2.86 bits per heavy atom. The lowest BCUT2D eigenvalue weighted by molar-refractivity contribution is -0.119. The lowest BCUT2D eigenvalue weighted by atomic mass is 10.1. The van der Waals surface area contributed by atoms with Crippen LogP contribution in [0.3, 0.4) is 0 Å². The van der Waals surface area contributed by atoms with Crippen molar-refractivity contribution in [3.05, 3.63) is 34.9 Å². The van der Waals surface area contributed by atoms with Crippen LogP contribution in [0.1, 0.15) is 25.3 Å². The number of hydrogen-bond donors (Lipinski definition) is 2. The minimum absolute atomic E-state index is 0.0491. The number of carbonyl (C=O) groups excluding carboxylic acids is 2. The number of nitrogens with one attached hydrogen (secondary N) is 2. The van der Waals surface area contributed by atoms with Crippen LogP contribution in [0, 0.1) is 0 Å². The van der Waals surface area contributed by atoms with E-state index in [1.165, 1.54) is 6.92 Å². The number of aryl methyl sites for hydroxylation is 1. The number of nitrogens with zero attached hydrogens (tertiary/aromatic N) is 1. The van der Waals surface area contributed by atoms with E-state index < -0.39 is 0 Å². The molecule has 0 saturated carbocycles. The summed E-state index contributed by atoms with van der Waals surface area (Å²) in [5.74, 6) is -0.0491. The fourth-order valence-corrected chi connectivity index (χ4v) is 2.87. The van der Waals surface area contributed by atoms with E-state index in [9.17, 15) is 9.59 Å². The minimum atomic E-state index is -0.0630. The highest BCUT2D eigenvalue weighted by molar-refractivity contribution is 6.31. The molecule has 1 aromatic rings. The normalized spacial score (nSPS) is 17.4. The van der Waals surface area contributed by atoms with Crippen molar-refractivity contribution in [2.75, 3.05) is 19.6 Å². The predicted octanol–water partition coefficient (Wildman–Crippen LogP) is 2.19. The second kappa shape index (κ2) is 8.03. The molecular weight excluding hydrogens is 302 g/mol. The van der Waals surface area contributed by atoms with Crippen molar-refractivity contribution in [1.29, 1.82) is 0 Å². The number of carbonyl (C=O) groups is 2. The third kappa shape index (κ3) is 4.91. The van der Waals surface area contributed by atoms with Crippen LogP contribution >= 0.6 is 11.6 Å². The van der Waals surface area contributed by atoms with E-state index in [4.69, 9.17) is 11.6 Å². The number of amides is 3. The summed E-state index contributed by atoms with van der Waals surface area (Å²) in [5, 5.41) is 6.54. The van der Waals surface area contributed by atoms with Gasteiger partial charge in [0.25, 0.3) is 0 Å². The van der Waals surface area contributed by atoms with Gasteiger partial charge in [0.1, 0.15) is 0 Å². The van der Waals surface area contributed by atoms with Crippen LogP contribution < -0.4 is 10.6 Å². The monoisotopic (exact) mass is 323 g/mol. The first-order chi connectivity index (χ1) is 10.6. The van der Waals surface area contributed by atoms with Crippen molar-refractivity contribution in [1.82, 2.24) is 15.5 Å². The molecular formula is C16H22ClN3O2. The molecule has 1 aromatic carbocycles. The molecule has 0 unspecified atom stereocenters. The quantitative estimate of drug-likeness (QED) is 0.816. The molecule has 1 heterocycles. The fraction of sp³-hybridized carbons (Fsp3) is 0.500. The summed E-state index contributed by atoms with van der Waals surface area (Å²) in [7, 11) is 0. The van der Waals surface area contributed by atoms with Crippen LogP contribution in [0.4, 0.5) is 4.79 Å². The van der Waals surface area contributed by atoms with Crippen molar-refractivity contribution < 1.29 is 9.59 Å². The smallest absolute Gasteiger partial charge is 0.317 e. The molecule has 6 heteroatoms. The van der Waals surface area contributed by atoms with Gasteiger partial charge in [-0.1, -0.05) is 29.8 Å². The Morgan fingerprint density at radius 1 is 1.36 bits per heavy atom. The lowest BCUT2D eigenvalue weighted by Crippen LogP contribution is -2.42. The molecule has 1 atom stereocenters. The van der Waals surface area contributed by atoms with Gasteiger partial charge >= 0.3 is 6.03 Å². The Labute approximate surface area is 136 Å². The summed E-state index contributed by atoms with van der Waals surface area (Å²) in [6.07, 6.45) is 2.50. The minimum Gasteiger partial charge on any atom is -0.352 e. The number of rotatable bonds is 5. The van der Waals surface area contributed by atoms with E-state index in [1.807, 2.05) is 24.3 Å². The summed E-state index contributed by atoms with van der Waals surface area (Å²) in [4.78, 5) is 24.8. The van der Waals surface area contributed by atoms with Crippen LogP contribution in [0.25, 0.3) is 0 Å². The lowest BCUT2D eigenvalue weighted by Gasteiger charge is -2.17. The van der Waals surface area contributed by atoms with E-state index in [0.29, 0.717) is 19.6 Å². The van der Waals surface area contributed by atoms with Gasteiger partial charge in [-0.3, -0.25) is 4.79 Å². The Balaban J connectivity index is 1.66. The maximum Gasteiger partial charge on any atom is 0.317 e. The molecule has 120 valence electrons. The van der Waals surface area contributed by atoms with E-state index >= 15 is 0 Å². The first-order valence-corrected chi connectivity index (χ1v) is 7.97. The maximum absolute atomic E-state index is 12.0. The van der Waals surface area contributed by atoms with Gasteiger partial charge in [0.2, 0.25) is 5.91 Å². The van der Waals surface area contributed by atoms with Crippen molar-refractivity contribution in [3.8, 4) is 0 Å². The SMILES string of the molecule is CC(=O)N[C@H]1CCN(C(=O)NCCCc2ccccc2Cl)C1. The zero-order valence-corrected chi connectivity index (χ0v) is 13.5. The standard InChI is InChI=1S/C16H22ClN3O2/c1-12(21)19-14-8-10-20(11-14)16(22)18-9-4-6-13-5-2-3-7-15(13)17/h2-3,5,7,14H,4,6,8-11H2,1H3,(H,18,22)(H,19,21)/t14-/m0/s1. The van der Waals surface area contributed by atoms with Crippen molar-refractivity contribution in [3.63, 3.8) is 0 Å². The van der Waals surface area contributed by atoms with Crippen LogP contribution in [0.2, 0.25) is 5.02 Å². The summed E-state index contributed by atoms with van der Waals surface area (Å²) >= 11 is 6.10. The highest BCUT2D eigenvalue weighted by Crippen LogP contribution is 2.16. The molecule has 0 spiro atoms.